The van der Waals surface area contributed by atoms with Gasteiger partial charge in [0.25, 0.3) is 63.2 Å². The summed E-state index contributed by atoms with van der Waals surface area (Å²) in [6, 6.07) is 0. The molecule has 0 aromatic carbocycles. The van der Waals surface area contributed by atoms with Gasteiger partial charge in [0, 0.05) is 37.7 Å². The van der Waals surface area contributed by atoms with Gasteiger partial charge in [-0.2, -0.15) is 0 Å². The van der Waals surface area contributed by atoms with Crippen LogP contribution < -0.4 is 94.1 Å². The molecule has 0 aliphatic rings. The van der Waals surface area contributed by atoms with Gasteiger partial charge in [0.05, 0.1) is 0 Å². The van der Waals surface area contributed by atoms with Gasteiger partial charge in [0.15, 0.2) is 0 Å². The van der Waals surface area contributed by atoms with Crippen molar-refractivity contribution in [2.45, 2.75) is 0 Å². The molecule has 0 atom stereocenters. The molecule has 13 heavy (non-hydrogen) atoms. The topological polar surface area (TPSA) is 208 Å². The minimum atomic E-state index is -4.01. The van der Waals surface area contributed by atoms with Crippen LogP contribution in [0.25, 0.3) is 0 Å². The van der Waals surface area contributed by atoms with E-state index in [0.717, 1.165) is 0 Å². The maximum absolute atomic E-state index is 8.57. The fourth-order valence-corrected chi connectivity index (χ4v) is 0. The number of rotatable bonds is 0. The van der Waals surface area contributed by atoms with Crippen LogP contribution in [0, 0.1) is 37.7 Å². The molecule has 0 aliphatic carbocycles. The molecule has 0 saturated carbocycles. The normalized spacial score (nSPS) is 8.31. The molecule has 0 unspecified atom stereocenters. The van der Waals surface area contributed by atoms with Crippen LogP contribution in [-0.2, 0) is 0 Å². The second kappa shape index (κ2) is 20.5. The molecule has 89 valence electrons. The van der Waals surface area contributed by atoms with Crippen molar-refractivity contribution in [2.24, 2.45) is 0 Å². The minimum Gasteiger partial charge on any atom is -0.427 e. The fraction of sp³-hybridized carbons (Fsp3) is 0. The van der Waals surface area contributed by atoms with Crippen LogP contribution in [0.4, 0.5) is 0 Å². The molecule has 0 aromatic rings. The molecule has 0 aromatic heterocycles. The Balaban J connectivity index is -0.0000000450. The van der Waals surface area contributed by atoms with E-state index in [1.54, 1.807) is 0 Å². The van der Waals surface area contributed by atoms with Gasteiger partial charge in [-0.3, -0.25) is 0 Å². The summed E-state index contributed by atoms with van der Waals surface area (Å²) in [5.74, 6) is 0. The summed E-state index contributed by atoms with van der Waals surface area (Å²) in [5, 5.41) is 0. The van der Waals surface area contributed by atoms with Crippen LogP contribution in [0.5, 0.6) is 0 Å². The quantitative estimate of drug-likeness (QED) is 0.175. The first kappa shape index (κ1) is 25.1. The van der Waals surface area contributed by atoms with E-state index in [2.05, 4.69) is 0 Å². The van der Waals surface area contributed by atoms with E-state index in [-0.39, 0.29) is 37.7 Å². The number of hydrogen-bond donors (Lipinski definition) is 0. The zero-order valence-electron chi connectivity index (χ0n) is 5.11. The average Bonchev–Trinajstić information content (AvgIpc) is 1.54. The molecule has 0 saturated heterocycles. The number of hydrogen-bond acceptors (Lipinski definition) is 9. The molecule has 0 fully saturated rings. The molecule has 0 bridgehead atoms. The van der Waals surface area contributed by atoms with Crippen molar-refractivity contribution >= 4 is 0 Å². The Kier molecular flexibility index (Phi) is 39.5. The van der Waals surface area contributed by atoms with Crippen molar-refractivity contribution in [3.05, 3.63) is 0 Å². The molecule has 0 amide bonds. The van der Waals surface area contributed by atoms with Gasteiger partial charge in [0.2, 0.25) is 0 Å². The first-order valence-corrected chi connectivity index (χ1v) is 9.32. The Morgan fingerprint density at radius 2 is 0.385 bits per heavy atom. The fourth-order valence-electron chi connectivity index (χ4n) is 0. The van der Waals surface area contributed by atoms with Gasteiger partial charge in [-0.1, -0.05) is 0 Å². The monoisotopic (exact) mass is 690 g/mol. The molecular weight excluding hydrogens is 690 g/mol. The largest absolute Gasteiger partial charge is 0.427 e. The Labute approximate surface area is 129 Å². The Morgan fingerprint density at radius 3 is 0.385 bits per heavy atom. The van der Waals surface area contributed by atoms with Crippen LogP contribution in [0.3, 0.4) is 0 Å². The van der Waals surface area contributed by atoms with Crippen molar-refractivity contribution in [2.75, 3.05) is 0 Å². The molecule has 0 aliphatic heterocycles. The Hall–Kier alpha value is 3.09. The van der Waals surface area contributed by atoms with Gasteiger partial charge < -0.3 is 30.9 Å². The van der Waals surface area contributed by atoms with Crippen molar-refractivity contribution in [1.82, 2.24) is 0 Å². The van der Waals surface area contributed by atoms with Gasteiger partial charge in [0.1, 0.15) is 0 Å². The van der Waals surface area contributed by atoms with E-state index in [1.807, 2.05) is 0 Å². The Morgan fingerprint density at radius 1 is 0.385 bits per heavy atom. The molecular formula is HoI3O9-3. The summed E-state index contributed by atoms with van der Waals surface area (Å²) in [5.41, 5.74) is 0. The molecule has 0 heterocycles. The van der Waals surface area contributed by atoms with Crippen molar-refractivity contribution < 1.29 is 132 Å². The predicted octanol–water partition coefficient (Wildman–Crippen LogP) is -19.7. The van der Waals surface area contributed by atoms with Gasteiger partial charge in [-0.25, -0.2) is 0 Å². The standard InChI is InChI=1S/Ho.3IO3/c;3*2-1(3)4/q;3*-1. The van der Waals surface area contributed by atoms with E-state index in [1.165, 1.54) is 0 Å². The van der Waals surface area contributed by atoms with Crippen LogP contribution in [0.1, 0.15) is 0 Å². The van der Waals surface area contributed by atoms with E-state index < -0.39 is 63.2 Å². The van der Waals surface area contributed by atoms with Crippen LogP contribution in [0.15, 0.2) is 0 Å². The first-order chi connectivity index (χ1) is 5.20. The molecule has 0 spiro atoms. The van der Waals surface area contributed by atoms with Crippen LogP contribution in [-0.4, -0.2) is 0 Å². The van der Waals surface area contributed by atoms with E-state index in [4.69, 9.17) is 30.9 Å². The molecule has 0 N–H and O–H groups in total. The van der Waals surface area contributed by atoms with Crippen molar-refractivity contribution in [3.63, 3.8) is 0 Å². The zero-order valence-corrected chi connectivity index (χ0v) is 13.5. The summed E-state index contributed by atoms with van der Waals surface area (Å²) in [6.07, 6.45) is 0. The SMILES string of the molecule is [Ho].[O-][I+2]([O-])[O-].[O-][I+2]([O-])[O-].[O-][I+2]([O-])[O-]. The summed E-state index contributed by atoms with van der Waals surface area (Å²) in [6.45, 7) is 0. The molecule has 9 nitrogen and oxygen atoms in total. The third kappa shape index (κ3) is 271. The minimum absolute atomic E-state index is 0. The van der Waals surface area contributed by atoms with Crippen LogP contribution in [0.2, 0.25) is 0 Å². The Bertz CT molecular complexity index is 43.4. The van der Waals surface area contributed by atoms with Gasteiger partial charge in [-0.05, 0) is 0 Å². The van der Waals surface area contributed by atoms with Gasteiger partial charge >= 0.3 is 0 Å². The third-order valence-electron chi connectivity index (χ3n) is 0. The van der Waals surface area contributed by atoms with Crippen molar-refractivity contribution in [1.29, 1.82) is 0 Å². The van der Waals surface area contributed by atoms with E-state index in [9.17, 15) is 0 Å². The third-order valence-corrected chi connectivity index (χ3v) is 0. The molecule has 1 radical (unpaired) electrons. The summed E-state index contributed by atoms with van der Waals surface area (Å²) >= 11 is -12.0. The zero-order chi connectivity index (χ0) is 10.7. The average molecular weight is 690 g/mol. The number of halogens is 3. The summed E-state index contributed by atoms with van der Waals surface area (Å²) in [4.78, 5) is 0. The maximum atomic E-state index is 8.57. The summed E-state index contributed by atoms with van der Waals surface area (Å²) < 4.78 is 77.2. The predicted molar refractivity (Wildman–Crippen MR) is 0 cm³/mol. The van der Waals surface area contributed by atoms with E-state index >= 15 is 0 Å². The van der Waals surface area contributed by atoms with Gasteiger partial charge in [-0.15, -0.1) is 0 Å². The van der Waals surface area contributed by atoms with Crippen molar-refractivity contribution in [3.8, 4) is 0 Å². The van der Waals surface area contributed by atoms with E-state index in [0.29, 0.717) is 0 Å². The van der Waals surface area contributed by atoms with Crippen LogP contribution >= 0.6 is 0 Å². The molecule has 0 rings (SSSR count). The first-order valence-electron chi connectivity index (χ1n) is 1.39. The second-order valence-electron chi connectivity index (χ2n) is 0.567. The molecule has 13 heteroatoms. The summed E-state index contributed by atoms with van der Waals surface area (Å²) in [7, 11) is 0. The maximum Gasteiger partial charge on any atom is 0.282 e. The second-order valence-corrected chi connectivity index (χ2v) is 3.80. The smallest absolute Gasteiger partial charge is 0.282 e.